The van der Waals surface area contributed by atoms with Crippen molar-refractivity contribution in [1.82, 2.24) is 30.7 Å². The highest BCUT2D eigenvalue weighted by Gasteiger charge is 2.24. The number of anilines is 2. The van der Waals surface area contributed by atoms with Gasteiger partial charge in [-0.1, -0.05) is 35.0 Å². The average Bonchev–Trinajstić information content (AvgIpc) is 3.45. The Kier molecular flexibility index (Phi) is 7.16. The molecule has 0 aliphatic heterocycles. The molecular weight excluding hydrogens is 470 g/mol. The van der Waals surface area contributed by atoms with E-state index >= 15 is 0 Å². The molecule has 2 amide bonds. The minimum atomic E-state index is -0.558. The molecule has 0 saturated heterocycles. The zero-order valence-electron chi connectivity index (χ0n) is 18.8. The van der Waals surface area contributed by atoms with E-state index in [4.69, 9.17) is 5.73 Å². The third-order valence-electron chi connectivity index (χ3n) is 4.68. The Morgan fingerprint density at radius 2 is 1.89 bits per heavy atom. The summed E-state index contributed by atoms with van der Waals surface area (Å²) in [5, 5.41) is 22.1. The van der Waals surface area contributed by atoms with E-state index in [1.165, 1.54) is 29.6 Å². The molecule has 35 heavy (non-hydrogen) atoms. The Bertz CT molecular complexity index is 1360. The molecule has 0 atom stereocenters. The molecule has 2 aromatic carbocycles. The maximum absolute atomic E-state index is 12.9. The van der Waals surface area contributed by atoms with Crippen molar-refractivity contribution in [2.24, 2.45) is 5.10 Å². The number of hydrazone groups is 1. The van der Waals surface area contributed by atoms with E-state index in [1.54, 1.807) is 24.3 Å². The molecule has 12 nitrogen and oxygen atoms in total. The summed E-state index contributed by atoms with van der Waals surface area (Å²) in [5.74, 6) is -0.217. The Balaban J connectivity index is 1.51. The van der Waals surface area contributed by atoms with E-state index < -0.39 is 5.91 Å². The highest BCUT2D eigenvalue weighted by atomic mass is 32.2. The van der Waals surface area contributed by atoms with Crippen molar-refractivity contribution in [1.29, 1.82) is 0 Å². The molecule has 0 unspecified atom stereocenters. The number of aryl methyl sites for hydroxylation is 1. The van der Waals surface area contributed by atoms with Gasteiger partial charge in [-0.2, -0.15) is 9.78 Å². The normalized spacial score (nSPS) is 11.0. The number of nitrogens with two attached hydrogens (primary N) is 1. The number of amides is 2. The number of hydrogen-bond donors (Lipinski definition) is 3. The zero-order valence-corrected chi connectivity index (χ0v) is 19.6. The lowest BCUT2D eigenvalue weighted by atomic mass is 10.2. The molecule has 178 valence electrons. The minimum Gasteiger partial charge on any atom is -0.378 e. The third kappa shape index (κ3) is 5.89. The Morgan fingerprint density at radius 1 is 1.14 bits per heavy atom. The standard InChI is InChI=1S/C22H21N9O3S/c1-13-3-9-17(10-4-13)35-12-18-19(26-30-31(18)21-20(23)28-34-29-21)22(33)27-24-11-15-5-7-16(8-6-15)25-14(2)32/h3-11H,12H2,1-2H3,(H2,23,28)(H,25,32)(H,27,33)/b24-11+. The molecule has 0 bridgehead atoms. The summed E-state index contributed by atoms with van der Waals surface area (Å²) in [4.78, 5) is 25.0. The van der Waals surface area contributed by atoms with Gasteiger partial charge in [-0.15, -0.1) is 16.9 Å². The number of aromatic nitrogens is 5. The summed E-state index contributed by atoms with van der Waals surface area (Å²) >= 11 is 1.49. The van der Waals surface area contributed by atoms with Crippen LogP contribution in [0.5, 0.6) is 0 Å². The molecule has 0 fully saturated rings. The SMILES string of the molecule is CC(=O)Nc1ccc(/C=N/NC(=O)c2nnn(-c3nonc3N)c2CSc2ccc(C)cc2)cc1. The predicted octanol–water partition coefficient (Wildman–Crippen LogP) is 2.56. The van der Waals surface area contributed by atoms with E-state index in [0.717, 1.165) is 16.0 Å². The smallest absolute Gasteiger partial charge is 0.293 e. The van der Waals surface area contributed by atoms with E-state index in [2.05, 4.69) is 41.1 Å². The second-order valence-corrected chi connectivity index (χ2v) is 8.42. The molecule has 0 saturated carbocycles. The second-order valence-electron chi connectivity index (χ2n) is 7.37. The average molecular weight is 492 g/mol. The van der Waals surface area contributed by atoms with Gasteiger partial charge in [-0.3, -0.25) is 9.59 Å². The van der Waals surface area contributed by atoms with Crippen molar-refractivity contribution < 1.29 is 14.2 Å². The monoisotopic (exact) mass is 491 g/mol. The van der Waals surface area contributed by atoms with Gasteiger partial charge < -0.3 is 11.1 Å². The van der Waals surface area contributed by atoms with Crippen molar-refractivity contribution >= 4 is 41.3 Å². The lowest BCUT2D eigenvalue weighted by Gasteiger charge is -2.06. The van der Waals surface area contributed by atoms with Crippen LogP contribution in [0, 0.1) is 6.92 Å². The maximum atomic E-state index is 12.9. The van der Waals surface area contributed by atoms with Crippen LogP contribution in [0.4, 0.5) is 11.5 Å². The van der Waals surface area contributed by atoms with Crippen LogP contribution < -0.4 is 16.5 Å². The quantitative estimate of drug-likeness (QED) is 0.191. The van der Waals surface area contributed by atoms with Crippen molar-refractivity contribution in [2.75, 3.05) is 11.1 Å². The van der Waals surface area contributed by atoms with Crippen molar-refractivity contribution in [3.8, 4) is 5.82 Å². The highest BCUT2D eigenvalue weighted by molar-refractivity contribution is 7.98. The van der Waals surface area contributed by atoms with Crippen molar-refractivity contribution in [2.45, 2.75) is 24.5 Å². The molecule has 0 aliphatic rings. The first-order valence-corrected chi connectivity index (χ1v) is 11.3. The fourth-order valence-electron chi connectivity index (χ4n) is 2.98. The first-order valence-electron chi connectivity index (χ1n) is 10.3. The van der Waals surface area contributed by atoms with Crippen molar-refractivity contribution in [3.05, 3.63) is 71.0 Å². The summed E-state index contributed by atoms with van der Waals surface area (Å²) in [6.45, 7) is 3.44. The van der Waals surface area contributed by atoms with Gasteiger partial charge in [0.25, 0.3) is 5.91 Å². The number of benzene rings is 2. The molecule has 4 N–H and O–H groups in total. The zero-order chi connectivity index (χ0) is 24.8. The first kappa shape index (κ1) is 23.6. The lowest BCUT2D eigenvalue weighted by molar-refractivity contribution is -0.114. The lowest BCUT2D eigenvalue weighted by Crippen LogP contribution is -2.20. The fourth-order valence-corrected chi connectivity index (χ4v) is 3.87. The maximum Gasteiger partial charge on any atom is 0.293 e. The summed E-state index contributed by atoms with van der Waals surface area (Å²) < 4.78 is 6.00. The molecule has 13 heteroatoms. The van der Waals surface area contributed by atoms with Crippen LogP contribution in [-0.2, 0) is 10.5 Å². The molecular formula is C22H21N9O3S. The number of nitrogens with one attached hydrogen (secondary N) is 2. The van der Waals surface area contributed by atoms with Crippen LogP contribution >= 0.6 is 11.8 Å². The summed E-state index contributed by atoms with van der Waals surface area (Å²) in [7, 11) is 0. The molecule has 0 aliphatic carbocycles. The molecule has 4 rings (SSSR count). The Morgan fingerprint density at radius 3 is 2.54 bits per heavy atom. The molecule has 2 heterocycles. The van der Waals surface area contributed by atoms with Crippen LogP contribution in [0.2, 0.25) is 0 Å². The number of carbonyl (C=O) groups is 2. The van der Waals surface area contributed by atoms with Gasteiger partial charge in [0, 0.05) is 23.3 Å². The molecule has 0 spiro atoms. The highest BCUT2D eigenvalue weighted by Crippen LogP contribution is 2.26. The van der Waals surface area contributed by atoms with Gasteiger partial charge >= 0.3 is 0 Å². The summed E-state index contributed by atoms with van der Waals surface area (Å²) in [5.41, 5.74) is 11.3. The van der Waals surface area contributed by atoms with Gasteiger partial charge in [0.05, 0.1) is 11.9 Å². The topological polar surface area (TPSA) is 166 Å². The summed E-state index contributed by atoms with van der Waals surface area (Å²) in [6.07, 6.45) is 1.47. The minimum absolute atomic E-state index is 0.0178. The van der Waals surface area contributed by atoms with Gasteiger partial charge in [0.1, 0.15) is 0 Å². The van der Waals surface area contributed by atoms with E-state index in [1.807, 2.05) is 31.2 Å². The van der Waals surface area contributed by atoms with Crippen LogP contribution in [0.3, 0.4) is 0 Å². The van der Waals surface area contributed by atoms with Gasteiger partial charge in [-0.25, -0.2) is 10.1 Å². The number of thioether (sulfide) groups is 1. The predicted molar refractivity (Wildman–Crippen MR) is 130 cm³/mol. The fraction of sp³-hybridized carbons (Fsp3) is 0.136. The van der Waals surface area contributed by atoms with E-state index in [-0.39, 0.29) is 23.2 Å². The third-order valence-corrected chi connectivity index (χ3v) is 5.71. The van der Waals surface area contributed by atoms with Crippen LogP contribution in [0.1, 0.15) is 34.2 Å². The second kappa shape index (κ2) is 10.6. The van der Waals surface area contributed by atoms with Gasteiger partial charge in [0.2, 0.25) is 17.5 Å². The van der Waals surface area contributed by atoms with Gasteiger partial charge in [0.15, 0.2) is 5.69 Å². The van der Waals surface area contributed by atoms with Crippen LogP contribution in [0.15, 0.2) is 63.2 Å². The number of carbonyl (C=O) groups excluding carboxylic acids is 2. The van der Waals surface area contributed by atoms with Crippen LogP contribution in [0.25, 0.3) is 5.82 Å². The van der Waals surface area contributed by atoms with Crippen molar-refractivity contribution in [3.63, 3.8) is 0 Å². The van der Waals surface area contributed by atoms with E-state index in [0.29, 0.717) is 17.1 Å². The first-order chi connectivity index (χ1) is 16.9. The molecule has 0 radical (unpaired) electrons. The van der Waals surface area contributed by atoms with Crippen LogP contribution in [-0.4, -0.2) is 43.3 Å². The largest absolute Gasteiger partial charge is 0.378 e. The molecule has 2 aromatic heterocycles. The Labute approximate surface area is 203 Å². The number of rotatable bonds is 8. The van der Waals surface area contributed by atoms with E-state index in [9.17, 15) is 9.59 Å². The van der Waals surface area contributed by atoms with Gasteiger partial charge in [-0.05, 0) is 47.1 Å². The number of nitrogen functional groups attached to an aromatic ring is 1. The Hall–Kier alpha value is -4.52. The number of nitrogens with zero attached hydrogens (tertiary/aromatic N) is 6. The summed E-state index contributed by atoms with van der Waals surface area (Å²) in [6, 6.07) is 14.9. The number of hydrogen-bond acceptors (Lipinski definition) is 10. The molecule has 4 aromatic rings.